The highest BCUT2D eigenvalue weighted by atomic mass is 16.6. The number of esters is 1. The van der Waals surface area contributed by atoms with Crippen molar-refractivity contribution in [2.75, 3.05) is 14.2 Å². The monoisotopic (exact) mass is 237 g/mol. The summed E-state index contributed by atoms with van der Waals surface area (Å²) >= 11 is 0. The van der Waals surface area contributed by atoms with E-state index in [1.807, 2.05) is 0 Å². The van der Waals surface area contributed by atoms with E-state index in [1.165, 1.54) is 38.5 Å². The Kier molecular flexibility index (Phi) is 4.21. The number of hydrogen-bond donors (Lipinski definition) is 0. The quantitative estimate of drug-likeness (QED) is 0.345. The van der Waals surface area contributed by atoms with Crippen LogP contribution in [0.4, 0.5) is 5.69 Å². The van der Waals surface area contributed by atoms with Gasteiger partial charge in [-0.1, -0.05) is 0 Å². The smallest absolute Gasteiger partial charge is 0.330 e. The molecule has 0 aliphatic rings. The molecular weight excluding hydrogens is 226 g/mol. The van der Waals surface area contributed by atoms with Crippen LogP contribution in [0, 0.1) is 10.1 Å². The molecule has 0 amide bonds. The van der Waals surface area contributed by atoms with Crippen LogP contribution in [0.25, 0.3) is 6.08 Å². The van der Waals surface area contributed by atoms with E-state index < -0.39 is 10.9 Å². The van der Waals surface area contributed by atoms with Crippen LogP contribution in [0.1, 0.15) is 5.56 Å². The maximum atomic E-state index is 10.9. The highest BCUT2D eigenvalue weighted by molar-refractivity contribution is 5.87. The zero-order chi connectivity index (χ0) is 12.8. The van der Waals surface area contributed by atoms with Gasteiger partial charge in [0.2, 0.25) is 0 Å². The fourth-order valence-electron chi connectivity index (χ4n) is 1.16. The molecule has 0 saturated heterocycles. The second-order valence-corrected chi connectivity index (χ2v) is 3.08. The van der Waals surface area contributed by atoms with Crippen molar-refractivity contribution in [2.24, 2.45) is 0 Å². The number of rotatable bonds is 4. The van der Waals surface area contributed by atoms with E-state index in [1.54, 1.807) is 6.07 Å². The molecule has 0 aliphatic carbocycles. The van der Waals surface area contributed by atoms with Crippen LogP contribution in [-0.4, -0.2) is 25.1 Å². The van der Waals surface area contributed by atoms with Gasteiger partial charge in [0, 0.05) is 12.1 Å². The van der Waals surface area contributed by atoms with Gasteiger partial charge in [-0.3, -0.25) is 10.1 Å². The predicted octanol–water partition coefficient (Wildman–Crippen LogP) is 1.79. The lowest BCUT2D eigenvalue weighted by Gasteiger charge is -2.01. The fourth-order valence-corrected chi connectivity index (χ4v) is 1.16. The topological polar surface area (TPSA) is 78.7 Å². The Labute approximate surface area is 97.6 Å². The first-order valence-corrected chi connectivity index (χ1v) is 4.66. The first-order chi connectivity index (χ1) is 8.06. The largest absolute Gasteiger partial charge is 0.496 e. The molecule has 0 N–H and O–H groups in total. The fraction of sp³-hybridized carbons (Fsp3) is 0.182. The van der Waals surface area contributed by atoms with Gasteiger partial charge in [0.15, 0.2) is 0 Å². The first kappa shape index (κ1) is 12.7. The molecule has 0 bridgehead atoms. The number of non-ortho nitro benzene ring substituents is 1. The molecule has 6 heteroatoms. The van der Waals surface area contributed by atoms with Crippen molar-refractivity contribution in [3.63, 3.8) is 0 Å². The van der Waals surface area contributed by atoms with Crippen molar-refractivity contribution >= 4 is 17.7 Å². The Bertz CT molecular complexity index is 467. The summed E-state index contributed by atoms with van der Waals surface area (Å²) in [5.74, 6) is -0.181. The van der Waals surface area contributed by atoms with Gasteiger partial charge in [0.1, 0.15) is 5.75 Å². The van der Waals surface area contributed by atoms with Gasteiger partial charge in [0.05, 0.1) is 25.2 Å². The zero-order valence-corrected chi connectivity index (χ0v) is 9.38. The molecular formula is C11H11NO5. The third kappa shape index (κ3) is 3.60. The minimum atomic E-state index is -0.532. The van der Waals surface area contributed by atoms with Crippen LogP contribution in [-0.2, 0) is 9.53 Å². The predicted molar refractivity (Wildman–Crippen MR) is 60.7 cm³/mol. The molecule has 1 aromatic rings. The van der Waals surface area contributed by atoms with Crippen molar-refractivity contribution in [3.05, 3.63) is 40.0 Å². The van der Waals surface area contributed by atoms with Gasteiger partial charge in [0.25, 0.3) is 5.69 Å². The number of carbonyl (C=O) groups excluding carboxylic acids is 1. The van der Waals surface area contributed by atoms with Crippen LogP contribution in [0.15, 0.2) is 24.3 Å². The molecule has 0 fully saturated rings. The maximum Gasteiger partial charge on any atom is 0.330 e. The zero-order valence-electron chi connectivity index (χ0n) is 9.38. The van der Waals surface area contributed by atoms with Crippen LogP contribution in [0.3, 0.4) is 0 Å². The first-order valence-electron chi connectivity index (χ1n) is 4.66. The summed E-state index contributed by atoms with van der Waals surface area (Å²) in [5.41, 5.74) is 0.385. The van der Waals surface area contributed by atoms with Crippen LogP contribution in [0.2, 0.25) is 0 Å². The standard InChI is InChI=1S/C11H11NO5/c1-16-10-6-8(3-4-11(13)17-2)5-9(7-10)12(14)15/h3-7H,1-2H3. The normalized spacial score (nSPS) is 10.2. The lowest BCUT2D eigenvalue weighted by atomic mass is 10.1. The third-order valence-corrected chi connectivity index (χ3v) is 1.97. The van der Waals surface area contributed by atoms with Gasteiger partial charge < -0.3 is 9.47 Å². The second kappa shape index (κ2) is 5.64. The molecule has 90 valence electrons. The Morgan fingerprint density at radius 2 is 2.06 bits per heavy atom. The maximum absolute atomic E-state index is 10.9. The molecule has 0 spiro atoms. The van der Waals surface area contributed by atoms with Crippen LogP contribution in [0.5, 0.6) is 5.75 Å². The van der Waals surface area contributed by atoms with E-state index in [9.17, 15) is 14.9 Å². The van der Waals surface area contributed by atoms with E-state index in [4.69, 9.17) is 4.74 Å². The molecule has 0 aliphatic heterocycles. The Balaban J connectivity index is 3.07. The summed E-state index contributed by atoms with van der Waals surface area (Å²) in [4.78, 5) is 21.0. The van der Waals surface area contributed by atoms with E-state index in [0.29, 0.717) is 11.3 Å². The van der Waals surface area contributed by atoms with E-state index in [2.05, 4.69) is 4.74 Å². The summed E-state index contributed by atoms with van der Waals surface area (Å²) in [5, 5.41) is 10.6. The highest BCUT2D eigenvalue weighted by Gasteiger charge is 2.08. The molecule has 0 heterocycles. The van der Waals surface area contributed by atoms with Crippen molar-refractivity contribution in [1.82, 2.24) is 0 Å². The van der Waals surface area contributed by atoms with Crippen molar-refractivity contribution in [1.29, 1.82) is 0 Å². The average molecular weight is 237 g/mol. The molecule has 0 radical (unpaired) electrons. The number of methoxy groups -OCH3 is 2. The average Bonchev–Trinajstić information content (AvgIpc) is 2.35. The Morgan fingerprint density at radius 1 is 1.35 bits per heavy atom. The Morgan fingerprint density at radius 3 is 2.59 bits per heavy atom. The SMILES string of the molecule is COC(=O)C=Cc1cc(OC)cc([N+](=O)[O-])c1. The minimum absolute atomic E-state index is 0.103. The van der Waals surface area contributed by atoms with Crippen LogP contribution < -0.4 is 4.74 Å². The summed E-state index contributed by atoms with van der Waals surface area (Å²) < 4.78 is 9.34. The lowest BCUT2D eigenvalue weighted by molar-refractivity contribution is -0.384. The molecule has 0 aromatic heterocycles. The molecule has 1 rings (SSSR count). The second-order valence-electron chi connectivity index (χ2n) is 3.08. The van der Waals surface area contributed by atoms with Gasteiger partial charge in [-0.15, -0.1) is 0 Å². The Hall–Kier alpha value is -2.37. The number of nitro groups is 1. The number of hydrogen-bond acceptors (Lipinski definition) is 5. The van der Waals surface area contributed by atoms with Crippen molar-refractivity contribution in [2.45, 2.75) is 0 Å². The molecule has 0 unspecified atom stereocenters. The summed E-state index contributed by atoms with van der Waals surface area (Å²) in [6, 6.07) is 4.21. The molecule has 0 atom stereocenters. The number of nitrogens with zero attached hydrogens (tertiary/aromatic N) is 1. The number of carbonyl (C=O) groups is 1. The summed E-state index contributed by atoms with van der Waals surface area (Å²) in [7, 11) is 2.66. The van der Waals surface area contributed by atoms with E-state index in [-0.39, 0.29) is 5.69 Å². The van der Waals surface area contributed by atoms with Crippen molar-refractivity contribution in [3.8, 4) is 5.75 Å². The lowest BCUT2D eigenvalue weighted by Crippen LogP contribution is -1.94. The number of nitro benzene ring substituents is 1. The van der Waals surface area contributed by atoms with E-state index in [0.717, 1.165) is 0 Å². The molecule has 0 saturated carbocycles. The molecule has 17 heavy (non-hydrogen) atoms. The minimum Gasteiger partial charge on any atom is -0.496 e. The van der Waals surface area contributed by atoms with Crippen molar-refractivity contribution < 1.29 is 19.2 Å². The highest BCUT2D eigenvalue weighted by Crippen LogP contribution is 2.23. The number of benzene rings is 1. The third-order valence-electron chi connectivity index (χ3n) is 1.97. The summed E-state index contributed by atoms with van der Waals surface area (Å²) in [6.45, 7) is 0. The van der Waals surface area contributed by atoms with Gasteiger partial charge in [-0.2, -0.15) is 0 Å². The van der Waals surface area contributed by atoms with Gasteiger partial charge >= 0.3 is 5.97 Å². The van der Waals surface area contributed by atoms with Gasteiger partial charge in [-0.05, 0) is 17.7 Å². The number of ether oxygens (including phenoxy) is 2. The van der Waals surface area contributed by atoms with Crippen LogP contribution >= 0.6 is 0 Å². The van der Waals surface area contributed by atoms with Gasteiger partial charge in [-0.25, -0.2) is 4.79 Å². The molecule has 1 aromatic carbocycles. The van der Waals surface area contributed by atoms with E-state index >= 15 is 0 Å². The summed E-state index contributed by atoms with van der Waals surface area (Å²) in [6.07, 6.45) is 2.60. The molecule has 6 nitrogen and oxygen atoms in total.